The zero-order chi connectivity index (χ0) is 41.6. The van der Waals surface area contributed by atoms with E-state index in [0.29, 0.717) is 6.42 Å². The van der Waals surface area contributed by atoms with Crippen LogP contribution in [-0.2, 0) is 28.5 Å². The maximum atomic E-state index is 12.8. The lowest BCUT2D eigenvalue weighted by atomic mass is 9.99. The van der Waals surface area contributed by atoms with Gasteiger partial charge in [-0.25, -0.2) is 0 Å². The van der Waals surface area contributed by atoms with Crippen molar-refractivity contribution in [2.45, 2.75) is 256 Å². The van der Waals surface area contributed by atoms with Gasteiger partial charge in [-0.1, -0.05) is 187 Å². The zero-order valence-corrected chi connectivity index (χ0v) is 36.6. The molecule has 6 atom stereocenters. The SMILES string of the molecule is CCCC/C=C/CCCCCCCC(=O)OC[C@H](CO[C@@H]1O[C@H](CO)[C@H](O)C(O)C1O)OC(=O)CCCCCCCCCCCCCCCCCCCCCCC. The first kappa shape index (κ1) is 53.5. The van der Waals surface area contributed by atoms with Crippen molar-refractivity contribution in [3.63, 3.8) is 0 Å². The average Bonchev–Trinajstić information content (AvgIpc) is 3.21. The normalized spacial score (nSPS) is 20.3. The first-order valence-electron chi connectivity index (χ1n) is 23.8. The maximum Gasteiger partial charge on any atom is 0.306 e. The summed E-state index contributed by atoms with van der Waals surface area (Å²) in [6.45, 7) is 3.40. The van der Waals surface area contributed by atoms with Gasteiger partial charge < -0.3 is 39.4 Å². The van der Waals surface area contributed by atoms with Gasteiger partial charge in [-0.3, -0.25) is 9.59 Å². The Balaban J connectivity index is 2.25. The minimum absolute atomic E-state index is 0.217. The molecular formula is C47H88O10. The highest BCUT2D eigenvalue weighted by atomic mass is 16.7. The van der Waals surface area contributed by atoms with Crippen molar-refractivity contribution in [2.24, 2.45) is 0 Å². The van der Waals surface area contributed by atoms with E-state index in [1.165, 1.54) is 122 Å². The van der Waals surface area contributed by atoms with Crippen LogP contribution in [0.25, 0.3) is 0 Å². The summed E-state index contributed by atoms with van der Waals surface area (Å²) in [5.41, 5.74) is 0. The molecule has 336 valence electrons. The monoisotopic (exact) mass is 813 g/mol. The second-order valence-corrected chi connectivity index (χ2v) is 16.6. The van der Waals surface area contributed by atoms with Gasteiger partial charge in [-0.05, 0) is 32.1 Å². The van der Waals surface area contributed by atoms with E-state index in [2.05, 4.69) is 26.0 Å². The Kier molecular flexibility index (Phi) is 36.2. The predicted molar refractivity (Wildman–Crippen MR) is 229 cm³/mol. The Labute approximate surface area is 348 Å². The van der Waals surface area contributed by atoms with Crippen LogP contribution in [0.2, 0.25) is 0 Å². The molecule has 0 aromatic heterocycles. The van der Waals surface area contributed by atoms with E-state index in [9.17, 15) is 30.0 Å². The van der Waals surface area contributed by atoms with E-state index < -0.39 is 49.4 Å². The number of aliphatic hydroxyl groups excluding tert-OH is 4. The first-order chi connectivity index (χ1) is 27.8. The average molecular weight is 813 g/mol. The minimum atomic E-state index is -1.59. The van der Waals surface area contributed by atoms with Crippen molar-refractivity contribution in [3.05, 3.63) is 12.2 Å². The van der Waals surface area contributed by atoms with E-state index in [-0.39, 0.29) is 32.0 Å². The molecule has 0 spiro atoms. The van der Waals surface area contributed by atoms with E-state index >= 15 is 0 Å². The second kappa shape index (κ2) is 38.6. The molecule has 0 saturated carbocycles. The van der Waals surface area contributed by atoms with Gasteiger partial charge in [0.05, 0.1) is 13.2 Å². The van der Waals surface area contributed by atoms with Crippen LogP contribution in [0, 0.1) is 0 Å². The number of ether oxygens (including phenoxy) is 4. The van der Waals surface area contributed by atoms with Crippen LogP contribution in [-0.4, -0.2) is 89.0 Å². The Morgan fingerprint density at radius 2 is 0.947 bits per heavy atom. The number of carbonyl (C=O) groups is 2. The lowest BCUT2D eigenvalue weighted by Gasteiger charge is -2.39. The topological polar surface area (TPSA) is 152 Å². The van der Waals surface area contributed by atoms with E-state index in [4.69, 9.17) is 18.9 Å². The van der Waals surface area contributed by atoms with Crippen LogP contribution in [0.4, 0.5) is 0 Å². The smallest absolute Gasteiger partial charge is 0.306 e. The van der Waals surface area contributed by atoms with Crippen LogP contribution in [0.1, 0.15) is 219 Å². The summed E-state index contributed by atoms with van der Waals surface area (Å²) in [4.78, 5) is 25.3. The lowest BCUT2D eigenvalue weighted by molar-refractivity contribution is -0.305. The standard InChI is InChI=1S/C47H88O10/c1-3-5-7-9-11-13-15-16-17-18-19-20-21-22-23-24-26-28-30-32-34-36-43(50)56-40(39-55-47-46(53)45(52)44(51)41(37-48)57-47)38-54-42(49)35-33-31-29-27-25-14-12-10-8-6-4-2/h10,12,40-41,44-48,51-53H,3-9,11,13-39H2,1-2H3/b12-10+/t40-,41-,44+,45?,46?,47-/m1/s1. The summed E-state index contributed by atoms with van der Waals surface area (Å²) in [6.07, 6.45) is 33.7. The molecule has 2 unspecified atom stereocenters. The molecule has 0 aromatic rings. The Hall–Kier alpha value is -1.56. The fourth-order valence-electron chi connectivity index (χ4n) is 7.35. The van der Waals surface area contributed by atoms with Crippen molar-refractivity contribution in [1.29, 1.82) is 0 Å². The summed E-state index contributed by atoms with van der Waals surface area (Å²) >= 11 is 0. The number of aliphatic hydroxyl groups is 4. The molecule has 1 aliphatic rings. The van der Waals surface area contributed by atoms with Crippen molar-refractivity contribution in [3.8, 4) is 0 Å². The molecule has 0 aliphatic carbocycles. The molecule has 0 radical (unpaired) electrons. The van der Waals surface area contributed by atoms with Crippen LogP contribution in [0.3, 0.4) is 0 Å². The molecule has 0 aromatic carbocycles. The van der Waals surface area contributed by atoms with Crippen LogP contribution >= 0.6 is 0 Å². The lowest BCUT2D eigenvalue weighted by Crippen LogP contribution is -2.59. The summed E-state index contributed by atoms with van der Waals surface area (Å²) in [7, 11) is 0. The van der Waals surface area contributed by atoms with E-state index in [1.54, 1.807) is 0 Å². The zero-order valence-electron chi connectivity index (χ0n) is 36.6. The highest BCUT2D eigenvalue weighted by Crippen LogP contribution is 2.23. The summed E-state index contributed by atoms with van der Waals surface area (Å²) in [5, 5.41) is 40.1. The molecule has 57 heavy (non-hydrogen) atoms. The highest BCUT2D eigenvalue weighted by Gasteiger charge is 2.44. The van der Waals surface area contributed by atoms with Crippen molar-refractivity contribution in [2.75, 3.05) is 19.8 Å². The molecule has 1 rings (SSSR count). The molecule has 1 fully saturated rings. The number of esters is 2. The molecule has 1 aliphatic heterocycles. The number of unbranched alkanes of at least 4 members (excludes halogenated alkanes) is 27. The van der Waals surface area contributed by atoms with E-state index in [1.807, 2.05) is 0 Å². The van der Waals surface area contributed by atoms with Gasteiger partial charge in [0.2, 0.25) is 0 Å². The summed E-state index contributed by atoms with van der Waals surface area (Å²) < 4.78 is 22.2. The number of carbonyl (C=O) groups excluding carboxylic acids is 2. The predicted octanol–water partition coefficient (Wildman–Crippen LogP) is 10.3. The third kappa shape index (κ3) is 30.2. The van der Waals surface area contributed by atoms with Crippen LogP contribution in [0.5, 0.6) is 0 Å². The number of rotatable bonds is 40. The Bertz CT molecular complexity index is 943. The molecular weight excluding hydrogens is 725 g/mol. The third-order valence-electron chi connectivity index (χ3n) is 11.2. The maximum absolute atomic E-state index is 12.8. The van der Waals surface area contributed by atoms with Gasteiger partial charge in [0.25, 0.3) is 0 Å². The van der Waals surface area contributed by atoms with Gasteiger partial charge in [0.15, 0.2) is 12.4 Å². The van der Waals surface area contributed by atoms with Crippen molar-refractivity contribution >= 4 is 11.9 Å². The molecule has 0 amide bonds. The number of hydrogen-bond donors (Lipinski definition) is 4. The Morgan fingerprint density at radius 1 is 0.526 bits per heavy atom. The third-order valence-corrected chi connectivity index (χ3v) is 11.2. The highest BCUT2D eigenvalue weighted by molar-refractivity contribution is 5.70. The van der Waals surface area contributed by atoms with Crippen molar-refractivity contribution < 1.29 is 49.0 Å². The minimum Gasteiger partial charge on any atom is -0.462 e. The fourth-order valence-corrected chi connectivity index (χ4v) is 7.35. The summed E-state index contributed by atoms with van der Waals surface area (Å²) in [6, 6.07) is 0. The second-order valence-electron chi connectivity index (χ2n) is 16.6. The number of allylic oxidation sites excluding steroid dienone is 2. The molecule has 1 heterocycles. The largest absolute Gasteiger partial charge is 0.462 e. The molecule has 10 heteroatoms. The van der Waals surface area contributed by atoms with Gasteiger partial charge >= 0.3 is 11.9 Å². The van der Waals surface area contributed by atoms with Gasteiger partial charge in [0.1, 0.15) is 31.0 Å². The van der Waals surface area contributed by atoms with Gasteiger partial charge in [0, 0.05) is 12.8 Å². The van der Waals surface area contributed by atoms with Crippen molar-refractivity contribution in [1.82, 2.24) is 0 Å². The molecule has 4 N–H and O–H groups in total. The Morgan fingerprint density at radius 3 is 1.42 bits per heavy atom. The number of hydrogen-bond acceptors (Lipinski definition) is 10. The van der Waals surface area contributed by atoms with E-state index in [0.717, 1.165) is 64.2 Å². The summed E-state index contributed by atoms with van der Waals surface area (Å²) in [5.74, 6) is -0.807. The van der Waals surface area contributed by atoms with Gasteiger partial charge in [-0.2, -0.15) is 0 Å². The fraction of sp³-hybridized carbons (Fsp3) is 0.915. The quantitative estimate of drug-likeness (QED) is 0.0267. The van der Waals surface area contributed by atoms with Gasteiger partial charge in [-0.15, -0.1) is 0 Å². The molecule has 10 nitrogen and oxygen atoms in total. The molecule has 0 bridgehead atoms. The first-order valence-corrected chi connectivity index (χ1v) is 23.8. The molecule has 1 saturated heterocycles. The van der Waals surface area contributed by atoms with Crippen LogP contribution < -0.4 is 0 Å². The van der Waals surface area contributed by atoms with Crippen LogP contribution in [0.15, 0.2) is 12.2 Å².